The fourth-order valence-electron chi connectivity index (χ4n) is 2.09. The highest BCUT2D eigenvalue weighted by Crippen LogP contribution is 2.28. The summed E-state index contributed by atoms with van der Waals surface area (Å²) in [6.07, 6.45) is 2.97. The van der Waals surface area contributed by atoms with Crippen LogP contribution in [0, 0.1) is 10.1 Å². The third kappa shape index (κ3) is 4.79. The maximum Gasteiger partial charge on any atom is 0.354 e. The maximum atomic E-state index is 12.2. The second-order valence-corrected chi connectivity index (χ2v) is 5.26. The molecule has 2 aromatic rings. The Morgan fingerprint density at radius 3 is 2.54 bits per heavy atom. The van der Waals surface area contributed by atoms with E-state index in [2.05, 4.69) is 26.1 Å². The Balaban J connectivity index is 2.11. The van der Waals surface area contributed by atoms with Crippen molar-refractivity contribution < 1.29 is 14.5 Å². The summed E-state index contributed by atoms with van der Waals surface area (Å²) < 4.78 is 5.03. The Bertz CT molecular complexity index is 766. The van der Waals surface area contributed by atoms with Gasteiger partial charge in [-0.2, -0.15) is 0 Å². The van der Waals surface area contributed by atoms with Crippen molar-refractivity contribution in [3.8, 4) is 5.75 Å². The summed E-state index contributed by atoms with van der Waals surface area (Å²) in [6.45, 7) is 2.56. The Morgan fingerprint density at radius 2 is 1.92 bits per heavy atom. The SMILES string of the molecule is CCCCNc1ncnc(NNC(=O)c2ccc(OC)cc2)c1[N+](=O)[O-]. The number of nitrogens with zero attached hydrogens (tertiary/aromatic N) is 3. The highest BCUT2D eigenvalue weighted by atomic mass is 16.6. The number of hydrogen-bond acceptors (Lipinski definition) is 8. The largest absolute Gasteiger partial charge is 0.497 e. The van der Waals surface area contributed by atoms with Crippen LogP contribution < -0.4 is 20.9 Å². The first kappa shape index (κ1) is 18.9. The predicted octanol–water partition coefficient (Wildman–Crippen LogP) is 2.36. The Labute approximate surface area is 150 Å². The smallest absolute Gasteiger partial charge is 0.354 e. The van der Waals surface area contributed by atoms with Gasteiger partial charge < -0.3 is 10.1 Å². The standard InChI is InChI=1S/C16H20N6O4/c1-3-4-9-17-14-13(22(24)25)15(19-10-18-14)20-21-16(23)11-5-7-12(26-2)8-6-11/h5-8,10H,3-4,9H2,1-2H3,(H,21,23)(H2,17,18,19,20). The lowest BCUT2D eigenvalue weighted by Gasteiger charge is -2.11. The first-order chi connectivity index (χ1) is 12.6. The number of aromatic nitrogens is 2. The number of carbonyl (C=O) groups is 1. The molecule has 0 fully saturated rings. The van der Waals surface area contributed by atoms with Crippen LogP contribution in [0.2, 0.25) is 0 Å². The molecular formula is C16H20N6O4. The third-order valence-electron chi connectivity index (χ3n) is 3.47. The number of amides is 1. The van der Waals surface area contributed by atoms with Gasteiger partial charge in [0.25, 0.3) is 5.91 Å². The monoisotopic (exact) mass is 360 g/mol. The van der Waals surface area contributed by atoms with Crippen LogP contribution in [0.15, 0.2) is 30.6 Å². The average Bonchev–Trinajstić information content (AvgIpc) is 2.66. The number of rotatable bonds is 9. The van der Waals surface area contributed by atoms with Gasteiger partial charge in [0.15, 0.2) is 0 Å². The van der Waals surface area contributed by atoms with Crippen LogP contribution in [-0.4, -0.2) is 34.5 Å². The fraction of sp³-hybridized carbons (Fsp3) is 0.312. The van der Waals surface area contributed by atoms with E-state index in [1.165, 1.54) is 13.4 Å². The Morgan fingerprint density at radius 1 is 1.23 bits per heavy atom. The number of benzene rings is 1. The van der Waals surface area contributed by atoms with Gasteiger partial charge in [-0.1, -0.05) is 13.3 Å². The summed E-state index contributed by atoms with van der Waals surface area (Å²) in [5.74, 6) is 0.135. The molecule has 0 bridgehead atoms. The summed E-state index contributed by atoms with van der Waals surface area (Å²) in [5, 5.41) is 14.3. The zero-order chi connectivity index (χ0) is 18.9. The Kier molecular flexibility index (Phi) is 6.66. The number of carbonyl (C=O) groups excluding carboxylic acids is 1. The topological polar surface area (TPSA) is 131 Å². The van der Waals surface area contributed by atoms with Gasteiger partial charge in [-0.25, -0.2) is 9.97 Å². The van der Waals surface area contributed by atoms with Crippen LogP contribution in [0.25, 0.3) is 0 Å². The van der Waals surface area contributed by atoms with Crippen molar-refractivity contribution in [2.24, 2.45) is 0 Å². The van der Waals surface area contributed by atoms with Crippen molar-refractivity contribution in [1.29, 1.82) is 0 Å². The van der Waals surface area contributed by atoms with Crippen LogP contribution in [0.4, 0.5) is 17.3 Å². The second-order valence-electron chi connectivity index (χ2n) is 5.26. The van der Waals surface area contributed by atoms with E-state index in [1.807, 2.05) is 6.92 Å². The van der Waals surface area contributed by atoms with E-state index in [4.69, 9.17) is 4.74 Å². The molecule has 0 aliphatic heterocycles. The molecule has 1 aromatic carbocycles. The van der Waals surface area contributed by atoms with Gasteiger partial charge >= 0.3 is 5.69 Å². The van der Waals surface area contributed by atoms with Crippen molar-refractivity contribution in [1.82, 2.24) is 15.4 Å². The number of nitrogens with one attached hydrogen (secondary N) is 3. The van der Waals surface area contributed by atoms with E-state index in [0.717, 1.165) is 12.8 Å². The summed E-state index contributed by atoms with van der Waals surface area (Å²) in [6, 6.07) is 6.42. The molecular weight excluding hydrogens is 340 g/mol. The quantitative estimate of drug-likeness (QED) is 0.353. The molecule has 1 aromatic heterocycles. The summed E-state index contributed by atoms with van der Waals surface area (Å²) in [7, 11) is 1.52. The predicted molar refractivity (Wildman–Crippen MR) is 96.2 cm³/mol. The number of anilines is 2. The highest BCUT2D eigenvalue weighted by Gasteiger charge is 2.23. The van der Waals surface area contributed by atoms with Crippen molar-refractivity contribution in [3.63, 3.8) is 0 Å². The van der Waals surface area contributed by atoms with Crippen molar-refractivity contribution in [2.45, 2.75) is 19.8 Å². The van der Waals surface area contributed by atoms with Gasteiger partial charge in [0.05, 0.1) is 12.0 Å². The molecule has 0 atom stereocenters. The molecule has 1 heterocycles. The first-order valence-corrected chi connectivity index (χ1v) is 8.00. The number of unbranched alkanes of at least 4 members (excludes halogenated alkanes) is 1. The van der Waals surface area contributed by atoms with E-state index in [0.29, 0.717) is 17.9 Å². The normalized spacial score (nSPS) is 10.1. The zero-order valence-corrected chi connectivity index (χ0v) is 14.5. The van der Waals surface area contributed by atoms with Gasteiger partial charge in [0.2, 0.25) is 11.6 Å². The number of nitro groups is 1. The molecule has 0 aliphatic carbocycles. The van der Waals surface area contributed by atoms with Gasteiger partial charge in [0.1, 0.15) is 12.1 Å². The average molecular weight is 360 g/mol. The van der Waals surface area contributed by atoms with Crippen molar-refractivity contribution in [3.05, 3.63) is 46.3 Å². The fourth-order valence-corrected chi connectivity index (χ4v) is 2.09. The molecule has 0 spiro atoms. The van der Waals surface area contributed by atoms with E-state index in [9.17, 15) is 14.9 Å². The van der Waals surface area contributed by atoms with Crippen LogP contribution in [0.5, 0.6) is 5.75 Å². The van der Waals surface area contributed by atoms with Crippen LogP contribution in [-0.2, 0) is 0 Å². The van der Waals surface area contributed by atoms with Crippen molar-refractivity contribution in [2.75, 3.05) is 24.4 Å². The van der Waals surface area contributed by atoms with Crippen LogP contribution in [0.3, 0.4) is 0 Å². The van der Waals surface area contributed by atoms with Gasteiger partial charge in [-0.3, -0.25) is 25.8 Å². The molecule has 0 saturated heterocycles. The second kappa shape index (κ2) is 9.16. The lowest BCUT2D eigenvalue weighted by Crippen LogP contribution is -2.30. The molecule has 0 aliphatic rings. The maximum absolute atomic E-state index is 12.2. The Hall–Kier alpha value is -3.43. The van der Waals surface area contributed by atoms with Gasteiger partial charge in [-0.15, -0.1) is 0 Å². The number of hydrazine groups is 1. The highest BCUT2D eigenvalue weighted by molar-refractivity contribution is 5.95. The minimum atomic E-state index is -0.601. The summed E-state index contributed by atoms with van der Waals surface area (Å²) >= 11 is 0. The molecule has 3 N–H and O–H groups in total. The van der Waals surface area contributed by atoms with Gasteiger partial charge in [-0.05, 0) is 30.7 Å². The van der Waals surface area contributed by atoms with Gasteiger partial charge in [0, 0.05) is 12.1 Å². The van der Waals surface area contributed by atoms with Crippen molar-refractivity contribution >= 4 is 23.2 Å². The lowest BCUT2D eigenvalue weighted by atomic mass is 10.2. The van der Waals surface area contributed by atoms with Crippen LogP contribution in [0.1, 0.15) is 30.1 Å². The minimum absolute atomic E-state index is 0.0969. The molecule has 10 heteroatoms. The minimum Gasteiger partial charge on any atom is -0.497 e. The zero-order valence-electron chi connectivity index (χ0n) is 14.5. The van der Waals surface area contributed by atoms with E-state index >= 15 is 0 Å². The number of ether oxygens (including phenoxy) is 1. The van der Waals surface area contributed by atoms with E-state index in [-0.39, 0.29) is 17.3 Å². The molecule has 1 amide bonds. The lowest BCUT2D eigenvalue weighted by molar-refractivity contribution is -0.383. The number of methoxy groups -OCH3 is 1. The molecule has 2 rings (SSSR count). The number of hydrogen-bond donors (Lipinski definition) is 3. The van der Waals surface area contributed by atoms with Crippen LogP contribution >= 0.6 is 0 Å². The summed E-state index contributed by atoms with van der Waals surface area (Å²) in [4.78, 5) is 30.7. The summed E-state index contributed by atoms with van der Waals surface area (Å²) in [5.41, 5.74) is 4.90. The molecule has 0 radical (unpaired) electrons. The molecule has 0 saturated carbocycles. The van der Waals surface area contributed by atoms with E-state index < -0.39 is 10.8 Å². The third-order valence-corrected chi connectivity index (χ3v) is 3.47. The first-order valence-electron chi connectivity index (χ1n) is 8.00. The molecule has 26 heavy (non-hydrogen) atoms. The molecule has 10 nitrogen and oxygen atoms in total. The molecule has 0 unspecified atom stereocenters. The van der Waals surface area contributed by atoms with E-state index in [1.54, 1.807) is 24.3 Å². The molecule has 138 valence electrons.